The molecule has 0 spiro atoms. The highest BCUT2D eigenvalue weighted by atomic mass is 19.1. The van der Waals surface area contributed by atoms with Gasteiger partial charge in [-0.1, -0.05) is 5.21 Å². The number of aryl methyl sites for hydroxylation is 1. The van der Waals surface area contributed by atoms with Gasteiger partial charge in [0.25, 0.3) is 11.7 Å². The van der Waals surface area contributed by atoms with Gasteiger partial charge in [-0.15, -0.1) is 5.10 Å². The van der Waals surface area contributed by atoms with E-state index in [4.69, 9.17) is 0 Å². The summed E-state index contributed by atoms with van der Waals surface area (Å²) in [6.07, 6.45) is 1.55. The Kier molecular flexibility index (Phi) is 2.60. The van der Waals surface area contributed by atoms with Gasteiger partial charge in [0.05, 0.1) is 17.8 Å². The van der Waals surface area contributed by atoms with Gasteiger partial charge >= 0.3 is 0 Å². The fourth-order valence-electron chi connectivity index (χ4n) is 2.12. The summed E-state index contributed by atoms with van der Waals surface area (Å²) in [5, 5.41) is 7.47. The standard InChI is InChI=1S/C12H8F2N4O2/c1-17-4-7(15-16-17)5-18-9-3-6(13)2-8(14)10(9)11(19)12(18)20/h2-4H,5H2,1H3. The monoisotopic (exact) mass is 278 g/mol. The summed E-state index contributed by atoms with van der Waals surface area (Å²) in [6.45, 7) is -0.0751. The number of halogens is 2. The Labute approximate surface area is 111 Å². The number of ketones is 1. The number of hydrogen-bond donors (Lipinski definition) is 0. The van der Waals surface area contributed by atoms with E-state index in [0.717, 1.165) is 11.0 Å². The quantitative estimate of drug-likeness (QED) is 0.763. The molecule has 102 valence electrons. The molecule has 0 bridgehead atoms. The van der Waals surface area contributed by atoms with Gasteiger partial charge in [0.1, 0.15) is 17.3 Å². The zero-order valence-electron chi connectivity index (χ0n) is 10.3. The van der Waals surface area contributed by atoms with Crippen molar-refractivity contribution in [3.63, 3.8) is 0 Å². The first-order valence-corrected chi connectivity index (χ1v) is 5.68. The lowest BCUT2D eigenvalue weighted by molar-refractivity contribution is -0.114. The summed E-state index contributed by atoms with van der Waals surface area (Å²) >= 11 is 0. The molecule has 0 fully saturated rings. The molecule has 2 aromatic rings. The van der Waals surface area contributed by atoms with Crippen LogP contribution in [-0.2, 0) is 18.4 Å². The summed E-state index contributed by atoms with van der Waals surface area (Å²) in [7, 11) is 1.64. The Morgan fingerprint density at radius 2 is 2.00 bits per heavy atom. The number of amides is 1. The second kappa shape index (κ2) is 4.19. The maximum absolute atomic E-state index is 13.6. The molecule has 1 amide bonds. The summed E-state index contributed by atoms with van der Waals surface area (Å²) < 4.78 is 28.3. The van der Waals surface area contributed by atoms with Crippen molar-refractivity contribution in [2.45, 2.75) is 6.54 Å². The second-order valence-corrected chi connectivity index (χ2v) is 4.39. The normalized spacial score (nSPS) is 14.1. The predicted octanol–water partition coefficient (Wildman–Crippen LogP) is 0.823. The van der Waals surface area contributed by atoms with Gasteiger partial charge in [-0.05, 0) is 6.07 Å². The first-order chi connectivity index (χ1) is 9.47. The van der Waals surface area contributed by atoms with Crippen LogP contribution in [0.15, 0.2) is 18.3 Å². The molecule has 6 nitrogen and oxygen atoms in total. The third-order valence-electron chi connectivity index (χ3n) is 2.96. The molecule has 1 aromatic heterocycles. The molecule has 0 N–H and O–H groups in total. The average molecular weight is 278 g/mol. The number of benzene rings is 1. The molecule has 1 aliphatic rings. The van der Waals surface area contributed by atoms with Crippen LogP contribution in [-0.4, -0.2) is 26.7 Å². The molecule has 0 atom stereocenters. The van der Waals surface area contributed by atoms with E-state index in [2.05, 4.69) is 10.3 Å². The number of fused-ring (bicyclic) bond motifs is 1. The summed E-state index contributed by atoms with van der Waals surface area (Å²) in [5.74, 6) is -3.79. The van der Waals surface area contributed by atoms with Crippen molar-refractivity contribution in [1.82, 2.24) is 15.0 Å². The van der Waals surface area contributed by atoms with Crippen LogP contribution in [0, 0.1) is 11.6 Å². The Balaban J connectivity index is 2.06. The van der Waals surface area contributed by atoms with E-state index in [1.165, 1.54) is 4.68 Å². The van der Waals surface area contributed by atoms with Crippen molar-refractivity contribution < 1.29 is 18.4 Å². The van der Waals surface area contributed by atoms with E-state index < -0.39 is 28.9 Å². The molecular formula is C12H8F2N4O2. The van der Waals surface area contributed by atoms with Crippen LogP contribution >= 0.6 is 0 Å². The molecule has 0 saturated carbocycles. The lowest BCUT2D eigenvalue weighted by atomic mass is 10.1. The Hall–Kier alpha value is -2.64. The van der Waals surface area contributed by atoms with E-state index >= 15 is 0 Å². The van der Waals surface area contributed by atoms with Crippen LogP contribution in [0.1, 0.15) is 16.1 Å². The largest absolute Gasteiger partial charge is 0.299 e. The van der Waals surface area contributed by atoms with Gasteiger partial charge in [-0.2, -0.15) is 0 Å². The molecule has 8 heteroatoms. The average Bonchev–Trinajstić information content (AvgIpc) is 2.87. The van der Waals surface area contributed by atoms with Crippen molar-refractivity contribution in [1.29, 1.82) is 0 Å². The third-order valence-corrected chi connectivity index (χ3v) is 2.96. The molecule has 0 aliphatic carbocycles. The maximum atomic E-state index is 13.6. The highest BCUT2D eigenvalue weighted by molar-refractivity contribution is 6.52. The predicted molar refractivity (Wildman–Crippen MR) is 62.9 cm³/mol. The van der Waals surface area contributed by atoms with Crippen molar-refractivity contribution >= 4 is 17.4 Å². The Morgan fingerprint density at radius 3 is 2.65 bits per heavy atom. The van der Waals surface area contributed by atoms with Crippen molar-refractivity contribution in [3.05, 3.63) is 41.2 Å². The maximum Gasteiger partial charge on any atom is 0.299 e. The molecule has 2 heterocycles. The van der Waals surface area contributed by atoms with E-state index in [-0.39, 0.29) is 12.2 Å². The molecule has 20 heavy (non-hydrogen) atoms. The molecule has 0 saturated heterocycles. The number of anilines is 1. The van der Waals surface area contributed by atoms with Gasteiger partial charge in [0.15, 0.2) is 0 Å². The van der Waals surface area contributed by atoms with E-state index in [1.54, 1.807) is 13.2 Å². The summed E-state index contributed by atoms with van der Waals surface area (Å²) in [5.41, 5.74) is -0.0744. The second-order valence-electron chi connectivity index (χ2n) is 4.39. The van der Waals surface area contributed by atoms with Gasteiger partial charge in [-0.3, -0.25) is 19.2 Å². The van der Waals surface area contributed by atoms with Gasteiger partial charge in [-0.25, -0.2) is 8.78 Å². The minimum Gasteiger partial charge on any atom is -0.298 e. The van der Waals surface area contributed by atoms with Crippen LogP contribution in [0.5, 0.6) is 0 Å². The van der Waals surface area contributed by atoms with Crippen molar-refractivity contribution in [3.8, 4) is 0 Å². The van der Waals surface area contributed by atoms with E-state index in [1.807, 2.05) is 0 Å². The highest BCUT2D eigenvalue weighted by Gasteiger charge is 2.39. The first-order valence-electron chi connectivity index (χ1n) is 5.68. The minimum absolute atomic E-state index is 0.0751. The Morgan fingerprint density at radius 1 is 1.25 bits per heavy atom. The van der Waals surface area contributed by atoms with Crippen LogP contribution < -0.4 is 4.90 Å². The number of aromatic nitrogens is 3. The van der Waals surface area contributed by atoms with Crippen molar-refractivity contribution in [2.75, 3.05) is 4.90 Å². The summed E-state index contributed by atoms with van der Waals surface area (Å²) in [4.78, 5) is 24.6. The van der Waals surface area contributed by atoms with E-state index in [9.17, 15) is 18.4 Å². The fraction of sp³-hybridized carbons (Fsp3) is 0.167. The van der Waals surface area contributed by atoms with Gasteiger partial charge < -0.3 is 0 Å². The van der Waals surface area contributed by atoms with Crippen LogP contribution in [0.4, 0.5) is 14.5 Å². The lowest BCUT2D eigenvalue weighted by Gasteiger charge is -2.14. The minimum atomic E-state index is -1.04. The summed E-state index contributed by atoms with van der Waals surface area (Å²) in [6, 6.07) is 1.54. The highest BCUT2D eigenvalue weighted by Crippen LogP contribution is 2.32. The number of carbonyl (C=O) groups excluding carboxylic acids is 2. The molecule has 1 aliphatic heterocycles. The number of hydrogen-bond acceptors (Lipinski definition) is 4. The molecular weight excluding hydrogens is 270 g/mol. The van der Waals surface area contributed by atoms with Crippen LogP contribution in [0.25, 0.3) is 0 Å². The first kappa shape index (κ1) is 12.4. The van der Waals surface area contributed by atoms with Gasteiger partial charge in [0.2, 0.25) is 0 Å². The number of rotatable bonds is 2. The zero-order valence-corrected chi connectivity index (χ0v) is 10.3. The smallest absolute Gasteiger partial charge is 0.298 e. The number of carbonyl (C=O) groups is 2. The zero-order chi connectivity index (χ0) is 14.4. The van der Waals surface area contributed by atoms with Crippen LogP contribution in [0.2, 0.25) is 0 Å². The topological polar surface area (TPSA) is 68.1 Å². The molecule has 0 unspecified atom stereocenters. The number of nitrogens with zero attached hydrogens (tertiary/aromatic N) is 4. The number of Topliss-reactive ketones (excluding diaryl/α,β-unsaturated/α-hetero) is 1. The molecule has 1 aromatic carbocycles. The van der Waals surface area contributed by atoms with Crippen LogP contribution in [0.3, 0.4) is 0 Å². The SMILES string of the molecule is Cn1cc(CN2C(=O)C(=O)c3c(F)cc(F)cc32)nn1. The molecule has 0 radical (unpaired) electrons. The van der Waals surface area contributed by atoms with Gasteiger partial charge in [0, 0.05) is 19.3 Å². The third kappa shape index (κ3) is 1.77. The lowest BCUT2D eigenvalue weighted by Crippen LogP contribution is -2.29. The van der Waals surface area contributed by atoms with E-state index in [0.29, 0.717) is 11.8 Å². The van der Waals surface area contributed by atoms with Crippen molar-refractivity contribution in [2.24, 2.45) is 7.05 Å². The fourth-order valence-corrected chi connectivity index (χ4v) is 2.12. The Bertz CT molecular complexity index is 741. The molecule has 3 rings (SSSR count).